The van der Waals surface area contributed by atoms with Gasteiger partial charge < -0.3 is 10.6 Å². The number of benzene rings is 1. The molecule has 0 atom stereocenters. The Bertz CT molecular complexity index is 528. The molecular formula is C19H26N2O. The smallest absolute Gasteiger partial charge is 0.319 e. The Balaban J connectivity index is 1.34. The largest absolute Gasteiger partial charge is 0.337 e. The first kappa shape index (κ1) is 14.1. The van der Waals surface area contributed by atoms with Gasteiger partial charge in [0.2, 0.25) is 0 Å². The minimum atomic E-state index is -0.0559. The lowest BCUT2D eigenvalue weighted by Gasteiger charge is -2.56. The molecule has 0 aliphatic heterocycles. The number of carbonyl (C=O) groups is 1. The van der Waals surface area contributed by atoms with Crippen LogP contribution in [0.2, 0.25) is 0 Å². The van der Waals surface area contributed by atoms with E-state index in [1.807, 2.05) is 24.3 Å². The second-order valence-corrected chi connectivity index (χ2v) is 8.09. The predicted octanol–water partition coefficient (Wildman–Crippen LogP) is 4.33. The minimum Gasteiger partial charge on any atom is -0.337 e. The Morgan fingerprint density at radius 3 is 2.14 bits per heavy atom. The van der Waals surface area contributed by atoms with E-state index in [9.17, 15) is 4.79 Å². The number of nitrogens with one attached hydrogen (secondary N) is 2. The second kappa shape index (κ2) is 5.29. The Kier molecular flexibility index (Phi) is 3.39. The zero-order chi connectivity index (χ0) is 15.2. The number of urea groups is 1. The summed E-state index contributed by atoms with van der Waals surface area (Å²) < 4.78 is 0. The molecular weight excluding hydrogens is 272 g/mol. The highest BCUT2D eigenvalue weighted by molar-refractivity contribution is 5.89. The van der Waals surface area contributed by atoms with Gasteiger partial charge >= 0.3 is 6.03 Å². The van der Waals surface area contributed by atoms with E-state index in [1.54, 1.807) is 0 Å². The molecule has 0 heterocycles. The van der Waals surface area contributed by atoms with Gasteiger partial charge in [-0.2, -0.15) is 0 Å². The lowest BCUT2D eigenvalue weighted by Crippen LogP contribution is -2.51. The summed E-state index contributed by atoms with van der Waals surface area (Å²) in [4.78, 5) is 12.2. The van der Waals surface area contributed by atoms with Crippen LogP contribution in [-0.2, 0) is 0 Å². The molecule has 5 rings (SSSR count). The second-order valence-electron chi connectivity index (χ2n) is 8.09. The summed E-state index contributed by atoms with van der Waals surface area (Å²) in [6.07, 6.45) is 8.37. The average molecular weight is 298 g/mol. The highest BCUT2D eigenvalue weighted by Crippen LogP contribution is 2.59. The fourth-order valence-electron chi connectivity index (χ4n) is 5.59. The third kappa shape index (κ3) is 2.73. The van der Waals surface area contributed by atoms with Crippen LogP contribution in [0, 0.1) is 30.1 Å². The van der Waals surface area contributed by atoms with Crippen molar-refractivity contribution >= 4 is 11.7 Å². The summed E-state index contributed by atoms with van der Waals surface area (Å²) in [6, 6.07) is 7.91. The van der Waals surface area contributed by atoms with Crippen molar-refractivity contribution < 1.29 is 4.79 Å². The van der Waals surface area contributed by atoms with E-state index in [0.717, 1.165) is 30.0 Å². The third-order valence-electron chi connectivity index (χ3n) is 6.10. The highest BCUT2D eigenvalue weighted by atomic mass is 16.2. The van der Waals surface area contributed by atoms with Crippen LogP contribution in [0.15, 0.2) is 24.3 Å². The average Bonchev–Trinajstić information content (AvgIpc) is 2.46. The maximum atomic E-state index is 12.2. The summed E-state index contributed by atoms with van der Waals surface area (Å²) in [7, 11) is 0. The van der Waals surface area contributed by atoms with Crippen molar-refractivity contribution in [3.63, 3.8) is 0 Å². The minimum absolute atomic E-state index is 0.0559. The summed E-state index contributed by atoms with van der Waals surface area (Å²) in [5.74, 6) is 2.81. The van der Waals surface area contributed by atoms with E-state index in [-0.39, 0.29) is 6.03 Å². The molecule has 3 heteroatoms. The molecule has 0 radical (unpaired) electrons. The summed E-state index contributed by atoms with van der Waals surface area (Å²) in [5.41, 5.74) is 2.48. The van der Waals surface area contributed by atoms with Gasteiger partial charge in [0, 0.05) is 12.2 Å². The maximum absolute atomic E-state index is 12.2. The van der Waals surface area contributed by atoms with Crippen molar-refractivity contribution in [1.29, 1.82) is 0 Å². The van der Waals surface area contributed by atoms with Crippen LogP contribution < -0.4 is 10.6 Å². The molecule has 0 aromatic heterocycles. The van der Waals surface area contributed by atoms with E-state index in [0.29, 0.717) is 5.41 Å². The van der Waals surface area contributed by atoms with Crippen molar-refractivity contribution in [3.05, 3.63) is 29.8 Å². The molecule has 0 spiro atoms. The van der Waals surface area contributed by atoms with Crippen LogP contribution in [0.4, 0.5) is 10.5 Å². The van der Waals surface area contributed by atoms with Gasteiger partial charge in [-0.25, -0.2) is 4.79 Å². The van der Waals surface area contributed by atoms with Gasteiger partial charge in [-0.15, -0.1) is 0 Å². The number of rotatable bonds is 3. The van der Waals surface area contributed by atoms with Crippen molar-refractivity contribution in [2.24, 2.45) is 23.2 Å². The number of hydrogen-bond donors (Lipinski definition) is 2. The van der Waals surface area contributed by atoms with E-state index >= 15 is 0 Å². The standard InChI is InChI=1S/C19H26N2O/c1-13-2-4-17(5-3-13)21-18(22)20-12-19-9-14-6-15(10-19)8-16(7-14)11-19/h2-5,14-16H,6-12H2,1H3,(H2,20,21,22). The Hall–Kier alpha value is -1.51. The van der Waals surface area contributed by atoms with Gasteiger partial charge in [-0.1, -0.05) is 17.7 Å². The van der Waals surface area contributed by atoms with Crippen LogP contribution in [0.1, 0.15) is 44.1 Å². The molecule has 2 N–H and O–H groups in total. The molecule has 1 aromatic carbocycles. The van der Waals surface area contributed by atoms with E-state index in [4.69, 9.17) is 0 Å². The number of hydrogen-bond acceptors (Lipinski definition) is 1. The van der Waals surface area contributed by atoms with Crippen LogP contribution in [0.5, 0.6) is 0 Å². The fourth-order valence-corrected chi connectivity index (χ4v) is 5.59. The van der Waals surface area contributed by atoms with Crippen molar-refractivity contribution in [1.82, 2.24) is 5.32 Å². The molecule has 0 saturated heterocycles. The van der Waals surface area contributed by atoms with Gasteiger partial charge in [0.1, 0.15) is 0 Å². The molecule has 4 saturated carbocycles. The maximum Gasteiger partial charge on any atom is 0.319 e. The van der Waals surface area contributed by atoms with Crippen molar-refractivity contribution in [2.45, 2.75) is 45.4 Å². The normalized spacial score (nSPS) is 35.4. The molecule has 1 aromatic rings. The molecule has 0 unspecified atom stereocenters. The fraction of sp³-hybridized carbons (Fsp3) is 0.632. The number of anilines is 1. The predicted molar refractivity (Wildman–Crippen MR) is 88.8 cm³/mol. The summed E-state index contributed by atoms with van der Waals surface area (Å²) >= 11 is 0. The van der Waals surface area contributed by atoms with Gasteiger partial charge in [-0.3, -0.25) is 0 Å². The monoisotopic (exact) mass is 298 g/mol. The number of aryl methyl sites for hydroxylation is 1. The molecule has 4 bridgehead atoms. The topological polar surface area (TPSA) is 41.1 Å². The van der Waals surface area contributed by atoms with Crippen LogP contribution >= 0.6 is 0 Å². The Labute approximate surface area is 132 Å². The molecule has 3 nitrogen and oxygen atoms in total. The van der Waals surface area contributed by atoms with Crippen LogP contribution in [-0.4, -0.2) is 12.6 Å². The Morgan fingerprint density at radius 1 is 1.05 bits per heavy atom. The first-order chi connectivity index (χ1) is 10.6. The van der Waals surface area contributed by atoms with E-state index < -0.39 is 0 Å². The van der Waals surface area contributed by atoms with Crippen molar-refractivity contribution in [3.8, 4) is 0 Å². The highest BCUT2D eigenvalue weighted by Gasteiger charge is 2.50. The first-order valence-corrected chi connectivity index (χ1v) is 8.72. The quantitative estimate of drug-likeness (QED) is 0.856. The van der Waals surface area contributed by atoms with Gasteiger partial charge in [0.05, 0.1) is 0 Å². The van der Waals surface area contributed by atoms with E-state index in [2.05, 4.69) is 17.6 Å². The SMILES string of the molecule is Cc1ccc(NC(=O)NCC23CC4CC(CC(C4)C2)C3)cc1. The molecule has 118 valence electrons. The summed E-state index contributed by atoms with van der Waals surface area (Å²) in [6.45, 7) is 2.91. The summed E-state index contributed by atoms with van der Waals surface area (Å²) in [5, 5.41) is 6.10. The van der Waals surface area contributed by atoms with Gasteiger partial charge in [0.15, 0.2) is 0 Å². The number of amides is 2. The zero-order valence-electron chi connectivity index (χ0n) is 13.4. The zero-order valence-corrected chi connectivity index (χ0v) is 13.4. The van der Waals surface area contributed by atoms with Crippen molar-refractivity contribution in [2.75, 3.05) is 11.9 Å². The van der Waals surface area contributed by atoms with E-state index in [1.165, 1.54) is 44.1 Å². The third-order valence-corrected chi connectivity index (χ3v) is 6.10. The van der Waals surface area contributed by atoms with Crippen LogP contribution in [0.25, 0.3) is 0 Å². The molecule has 4 aliphatic carbocycles. The molecule has 22 heavy (non-hydrogen) atoms. The molecule has 4 aliphatic rings. The Morgan fingerprint density at radius 2 is 1.59 bits per heavy atom. The van der Waals surface area contributed by atoms with Crippen LogP contribution in [0.3, 0.4) is 0 Å². The lowest BCUT2D eigenvalue weighted by atomic mass is 9.49. The molecule has 2 amide bonds. The first-order valence-electron chi connectivity index (χ1n) is 8.72. The van der Waals surface area contributed by atoms with Gasteiger partial charge in [0.25, 0.3) is 0 Å². The molecule has 4 fully saturated rings. The van der Waals surface area contributed by atoms with Gasteiger partial charge in [-0.05, 0) is 80.8 Å². The lowest BCUT2D eigenvalue weighted by molar-refractivity contribution is -0.0496. The number of carbonyl (C=O) groups excluding carboxylic acids is 1.